The summed E-state index contributed by atoms with van der Waals surface area (Å²) in [5, 5.41) is 3.77. The highest BCUT2D eigenvalue weighted by Gasteiger charge is 2.16. The molecule has 0 saturated carbocycles. The Balaban J connectivity index is 1.72. The second-order valence-electron chi connectivity index (χ2n) is 6.46. The van der Waals surface area contributed by atoms with E-state index in [0.29, 0.717) is 28.6 Å². The molecule has 0 aliphatic carbocycles. The van der Waals surface area contributed by atoms with Gasteiger partial charge in [0.05, 0.1) is 12.1 Å². The number of ether oxygens (including phenoxy) is 2. The van der Waals surface area contributed by atoms with Gasteiger partial charge in [0, 0.05) is 22.1 Å². The lowest BCUT2D eigenvalue weighted by atomic mass is 10.1. The van der Waals surface area contributed by atoms with Crippen LogP contribution in [0.1, 0.15) is 16.7 Å². The zero-order valence-corrected chi connectivity index (χ0v) is 18.4. The van der Waals surface area contributed by atoms with Crippen molar-refractivity contribution in [3.63, 3.8) is 0 Å². The maximum absolute atomic E-state index is 14.1. The Labute approximate surface area is 183 Å². The van der Waals surface area contributed by atoms with Crippen LogP contribution in [0.15, 0.2) is 65.1 Å². The number of benzene rings is 3. The largest absolute Gasteiger partial charge is 0.493 e. The topological polar surface area (TPSA) is 30.5 Å². The van der Waals surface area contributed by atoms with Crippen LogP contribution >= 0.6 is 27.5 Å². The van der Waals surface area contributed by atoms with Gasteiger partial charge in [0.2, 0.25) is 0 Å². The highest BCUT2D eigenvalue weighted by molar-refractivity contribution is 9.10. The number of methoxy groups -OCH3 is 1. The molecule has 0 radical (unpaired) electrons. The third-order valence-electron chi connectivity index (χ3n) is 4.54. The van der Waals surface area contributed by atoms with E-state index >= 15 is 0 Å². The molecule has 0 aromatic heterocycles. The molecule has 0 unspecified atom stereocenters. The summed E-state index contributed by atoms with van der Waals surface area (Å²) in [6.45, 7) is 1.40. The number of halogens is 3. The van der Waals surface area contributed by atoms with Crippen LogP contribution in [0.5, 0.6) is 11.5 Å². The van der Waals surface area contributed by atoms with Crippen molar-refractivity contribution >= 4 is 27.5 Å². The van der Waals surface area contributed by atoms with Gasteiger partial charge in [0.25, 0.3) is 0 Å². The van der Waals surface area contributed by atoms with Crippen LogP contribution in [0, 0.1) is 5.82 Å². The molecule has 1 N–H and O–H groups in total. The summed E-state index contributed by atoms with van der Waals surface area (Å²) in [5.74, 6) is 0.753. The molecular formula is C23H22BrClFNO2. The minimum Gasteiger partial charge on any atom is -0.493 e. The van der Waals surface area contributed by atoms with Crippen molar-refractivity contribution in [3.05, 3.63) is 92.7 Å². The maximum Gasteiger partial charge on any atom is 0.167 e. The van der Waals surface area contributed by atoms with Crippen LogP contribution in [0.4, 0.5) is 4.39 Å². The average molecular weight is 479 g/mol. The first-order valence-corrected chi connectivity index (χ1v) is 10.4. The Morgan fingerprint density at radius 2 is 1.79 bits per heavy atom. The summed E-state index contributed by atoms with van der Waals surface area (Å²) in [7, 11) is 1.58. The number of rotatable bonds is 9. The maximum atomic E-state index is 14.1. The first kappa shape index (κ1) is 21.6. The molecule has 6 heteroatoms. The summed E-state index contributed by atoms with van der Waals surface area (Å²) >= 11 is 9.72. The highest BCUT2D eigenvalue weighted by Crippen LogP contribution is 2.37. The Morgan fingerprint density at radius 1 is 1.00 bits per heavy atom. The van der Waals surface area contributed by atoms with Crippen LogP contribution in [0.2, 0.25) is 5.02 Å². The van der Waals surface area contributed by atoms with Crippen LogP contribution in [-0.4, -0.2) is 13.7 Å². The van der Waals surface area contributed by atoms with Gasteiger partial charge in [-0.1, -0.05) is 63.9 Å². The summed E-state index contributed by atoms with van der Waals surface area (Å²) in [6, 6.07) is 18.6. The average Bonchev–Trinajstić information content (AvgIpc) is 2.73. The molecule has 0 bridgehead atoms. The van der Waals surface area contributed by atoms with Crippen molar-refractivity contribution in [3.8, 4) is 11.5 Å². The van der Waals surface area contributed by atoms with E-state index < -0.39 is 5.82 Å². The van der Waals surface area contributed by atoms with Crippen LogP contribution in [0.25, 0.3) is 0 Å². The van der Waals surface area contributed by atoms with E-state index in [1.807, 2.05) is 30.3 Å². The van der Waals surface area contributed by atoms with E-state index in [1.54, 1.807) is 19.2 Å². The van der Waals surface area contributed by atoms with Gasteiger partial charge in [0.1, 0.15) is 12.4 Å². The Morgan fingerprint density at radius 3 is 2.52 bits per heavy atom. The lowest BCUT2D eigenvalue weighted by Crippen LogP contribution is -2.18. The van der Waals surface area contributed by atoms with Crippen LogP contribution in [0.3, 0.4) is 0 Å². The van der Waals surface area contributed by atoms with Crippen molar-refractivity contribution in [2.45, 2.75) is 19.6 Å². The summed E-state index contributed by atoms with van der Waals surface area (Å²) < 4.78 is 26.4. The molecule has 152 valence electrons. The van der Waals surface area contributed by atoms with Gasteiger partial charge in [-0.05, 0) is 42.8 Å². The summed E-state index contributed by atoms with van der Waals surface area (Å²) in [5.41, 5.74) is 2.50. The molecule has 3 aromatic carbocycles. The monoisotopic (exact) mass is 477 g/mol. The lowest BCUT2D eigenvalue weighted by molar-refractivity contribution is 0.276. The van der Waals surface area contributed by atoms with E-state index in [4.69, 9.17) is 21.1 Å². The molecule has 3 rings (SSSR count). The highest BCUT2D eigenvalue weighted by atomic mass is 79.9. The van der Waals surface area contributed by atoms with Crippen molar-refractivity contribution in [1.29, 1.82) is 0 Å². The van der Waals surface area contributed by atoms with E-state index in [9.17, 15) is 4.39 Å². The van der Waals surface area contributed by atoms with E-state index in [2.05, 4.69) is 33.4 Å². The number of nitrogens with one attached hydrogen (secondary N) is 1. The van der Waals surface area contributed by atoms with Crippen molar-refractivity contribution in [1.82, 2.24) is 5.32 Å². The zero-order valence-electron chi connectivity index (χ0n) is 16.1. The SMILES string of the molecule is COc1ccc(Br)c(CNCCc2ccccc2)c1OCc1c(F)cccc1Cl. The molecule has 0 fully saturated rings. The fraction of sp³-hybridized carbons (Fsp3) is 0.217. The minimum atomic E-state index is -0.394. The van der Waals surface area contributed by atoms with Gasteiger partial charge in [-0.25, -0.2) is 4.39 Å². The van der Waals surface area contributed by atoms with Crippen LogP contribution in [-0.2, 0) is 19.6 Å². The molecule has 3 nitrogen and oxygen atoms in total. The quantitative estimate of drug-likeness (QED) is 0.374. The Kier molecular flexibility index (Phi) is 7.92. The smallest absolute Gasteiger partial charge is 0.167 e. The summed E-state index contributed by atoms with van der Waals surface area (Å²) in [6.07, 6.45) is 0.920. The van der Waals surface area contributed by atoms with Crippen LogP contribution < -0.4 is 14.8 Å². The van der Waals surface area contributed by atoms with Gasteiger partial charge in [-0.15, -0.1) is 0 Å². The van der Waals surface area contributed by atoms with E-state index in [1.165, 1.54) is 11.6 Å². The molecule has 0 amide bonds. The van der Waals surface area contributed by atoms with Gasteiger partial charge < -0.3 is 14.8 Å². The first-order chi connectivity index (χ1) is 14.1. The van der Waals surface area contributed by atoms with Gasteiger partial charge in [-0.3, -0.25) is 0 Å². The number of hydrogen-bond donors (Lipinski definition) is 1. The van der Waals surface area contributed by atoms with Crippen molar-refractivity contribution in [2.75, 3.05) is 13.7 Å². The molecule has 0 aliphatic heterocycles. The fourth-order valence-electron chi connectivity index (χ4n) is 2.97. The molecule has 29 heavy (non-hydrogen) atoms. The second kappa shape index (κ2) is 10.6. The molecular weight excluding hydrogens is 457 g/mol. The zero-order chi connectivity index (χ0) is 20.6. The first-order valence-electron chi connectivity index (χ1n) is 9.26. The molecule has 0 saturated heterocycles. The van der Waals surface area contributed by atoms with Gasteiger partial charge in [0.15, 0.2) is 11.5 Å². The Bertz CT molecular complexity index is 933. The second-order valence-corrected chi connectivity index (χ2v) is 7.72. The fourth-order valence-corrected chi connectivity index (χ4v) is 3.64. The predicted octanol–water partition coefficient (Wildman–Crippen LogP) is 6.16. The molecule has 0 atom stereocenters. The minimum absolute atomic E-state index is 0.00926. The van der Waals surface area contributed by atoms with E-state index in [-0.39, 0.29) is 6.61 Å². The Hall–Kier alpha value is -2.08. The standard InChI is InChI=1S/C23H22BrClFNO2/c1-28-22-11-10-19(24)17(14-27-13-12-16-6-3-2-4-7-16)23(22)29-15-18-20(25)8-5-9-21(18)26/h2-11,27H,12-15H2,1H3. The third kappa shape index (κ3) is 5.72. The molecule has 0 spiro atoms. The van der Waals surface area contributed by atoms with E-state index in [0.717, 1.165) is 23.0 Å². The third-order valence-corrected chi connectivity index (χ3v) is 5.64. The molecule has 0 aliphatic rings. The molecule has 0 heterocycles. The molecule has 3 aromatic rings. The normalized spacial score (nSPS) is 10.8. The van der Waals surface area contributed by atoms with Crippen molar-refractivity contribution < 1.29 is 13.9 Å². The lowest BCUT2D eigenvalue weighted by Gasteiger charge is -2.18. The van der Waals surface area contributed by atoms with Crippen molar-refractivity contribution in [2.24, 2.45) is 0 Å². The summed E-state index contributed by atoms with van der Waals surface area (Å²) in [4.78, 5) is 0. The predicted molar refractivity (Wildman–Crippen MR) is 118 cm³/mol. The number of hydrogen-bond acceptors (Lipinski definition) is 3. The van der Waals surface area contributed by atoms with Gasteiger partial charge >= 0.3 is 0 Å². The van der Waals surface area contributed by atoms with Gasteiger partial charge in [-0.2, -0.15) is 0 Å².